The molecule has 0 unspecified atom stereocenters. The summed E-state index contributed by atoms with van der Waals surface area (Å²) in [6.45, 7) is 1.51. The van der Waals surface area contributed by atoms with Gasteiger partial charge in [0.2, 0.25) is 5.91 Å². The average Bonchev–Trinajstić information content (AvgIpc) is 3.13. The fourth-order valence-corrected chi connectivity index (χ4v) is 4.85. The molecule has 2 amide bonds. The minimum absolute atomic E-state index is 0.0768. The van der Waals surface area contributed by atoms with Crippen LogP contribution in [0.3, 0.4) is 0 Å². The van der Waals surface area contributed by atoms with Gasteiger partial charge >= 0.3 is 6.18 Å². The molecule has 0 radical (unpaired) electrons. The van der Waals surface area contributed by atoms with Gasteiger partial charge in [-0.05, 0) is 49.2 Å². The molecular formula is C25H22F3N3O2. The Kier molecular flexibility index (Phi) is 5.11. The van der Waals surface area contributed by atoms with Crippen LogP contribution in [0.15, 0.2) is 60.8 Å². The molecule has 0 bridgehead atoms. The van der Waals surface area contributed by atoms with Crippen molar-refractivity contribution >= 4 is 28.4 Å². The maximum Gasteiger partial charge on any atom is 0.416 e. The zero-order valence-electron chi connectivity index (χ0n) is 17.8. The first-order valence-corrected chi connectivity index (χ1v) is 10.9. The minimum atomic E-state index is -4.41. The zero-order valence-corrected chi connectivity index (χ0v) is 17.8. The molecule has 3 aromatic rings. The maximum atomic E-state index is 13.0. The van der Waals surface area contributed by atoms with Crippen LogP contribution in [0.25, 0.3) is 10.9 Å². The summed E-state index contributed by atoms with van der Waals surface area (Å²) in [5, 5.41) is 0.908. The number of pyridine rings is 1. The molecule has 2 aliphatic rings. The van der Waals surface area contributed by atoms with E-state index in [0.29, 0.717) is 50.1 Å². The van der Waals surface area contributed by atoms with E-state index in [2.05, 4.69) is 4.98 Å². The Morgan fingerprint density at radius 3 is 2.39 bits per heavy atom. The van der Waals surface area contributed by atoms with Gasteiger partial charge in [-0.1, -0.05) is 18.2 Å². The van der Waals surface area contributed by atoms with E-state index >= 15 is 0 Å². The molecule has 5 nitrogen and oxygen atoms in total. The lowest BCUT2D eigenvalue weighted by atomic mass is 9.77. The number of carbonyl (C=O) groups excluding carboxylic acids is 2. The Hall–Kier alpha value is -3.42. The zero-order chi connectivity index (χ0) is 23.2. The summed E-state index contributed by atoms with van der Waals surface area (Å²) in [6, 6.07) is 14.2. The molecule has 0 saturated carbocycles. The second-order valence-electron chi connectivity index (χ2n) is 8.91. The average molecular weight is 453 g/mol. The van der Waals surface area contributed by atoms with Crippen molar-refractivity contribution in [3.63, 3.8) is 0 Å². The first-order chi connectivity index (χ1) is 15.7. The number of halogens is 3. The molecule has 2 saturated heterocycles. The molecule has 33 heavy (non-hydrogen) atoms. The molecule has 1 spiro atoms. The van der Waals surface area contributed by atoms with Crippen LogP contribution in [0.1, 0.15) is 35.2 Å². The van der Waals surface area contributed by atoms with Crippen molar-refractivity contribution in [3.8, 4) is 0 Å². The number of likely N-dealkylation sites (tertiary alicyclic amines) is 1. The van der Waals surface area contributed by atoms with Gasteiger partial charge in [-0.2, -0.15) is 13.2 Å². The standard InChI is InChI=1S/C25H22F3N3O2/c26-25(27,28)19-5-7-20(8-6-19)31-16-24(14-22(31)32)9-11-30(12-10-24)23(33)18-13-17-3-1-2-4-21(17)29-15-18/h1-8,13,15H,9-12,14,16H2. The van der Waals surface area contributed by atoms with Gasteiger partial charge in [-0.3, -0.25) is 14.6 Å². The van der Waals surface area contributed by atoms with E-state index in [1.807, 2.05) is 30.3 Å². The fraction of sp³-hybridized carbons (Fsp3) is 0.320. The molecular weight excluding hydrogens is 431 g/mol. The summed E-state index contributed by atoms with van der Waals surface area (Å²) in [4.78, 5) is 33.5. The smallest absolute Gasteiger partial charge is 0.339 e. The molecule has 8 heteroatoms. The number of rotatable bonds is 2. The first kappa shape index (κ1) is 21.4. The van der Waals surface area contributed by atoms with Crippen molar-refractivity contribution in [2.24, 2.45) is 5.41 Å². The monoisotopic (exact) mass is 453 g/mol. The number of nitrogens with zero attached hydrogens (tertiary/aromatic N) is 3. The number of piperidine rings is 1. The highest BCUT2D eigenvalue weighted by Crippen LogP contribution is 2.43. The van der Waals surface area contributed by atoms with E-state index in [4.69, 9.17) is 0 Å². The Balaban J connectivity index is 1.26. The largest absolute Gasteiger partial charge is 0.416 e. The van der Waals surface area contributed by atoms with Crippen LogP contribution in [-0.2, 0) is 11.0 Å². The Morgan fingerprint density at radius 1 is 1.00 bits per heavy atom. The summed E-state index contributed by atoms with van der Waals surface area (Å²) in [5.74, 6) is -0.166. The second-order valence-corrected chi connectivity index (χ2v) is 8.91. The quantitative estimate of drug-likeness (QED) is 0.554. The number of hydrogen-bond acceptors (Lipinski definition) is 3. The van der Waals surface area contributed by atoms with Crippen LogP contribution in [0, 0.1) is 5.41 Å². The maximum absolute atomic E-state index is 13.0. The number of benzene rings is 2. The fourth-order valence-electron chi connectivity index (χ4n) is 4.85. The van der Waals surface area contributed by atoms with Crippen LogP contribution >= 0.6 is 0 Å². The number of fused-ring (bicyclic) bond motifs is 1. The molecule has 2 aliphatic heterocycles. The Bertz CT molecular complexity index is 1220. The van der Waals surface area contributed by atoms with E-state index in [1.165, 1.54) is 12.1 Å². The predicted molar refractivity (Wildman–Crippen MR) is 118 cm³/mol. The van der Waals surface area contributed by atoms with E-state index in [-0.39, 0.29) is 17.2 Å². The molecule has 2 fully saturated rings. The second kappa shape index (κ2) is 7.86. The lowest BCUT2D eigenvalue weighted by molar-refractivity contribution is -0.137. The minimum Gasteiger partial charge on any atom is -0.339 e. The summed E-state index contributed by atoms with van der Waals surface area (Å²) >= 11 is 0. The number of hydrogen-bond donors (Lipinski definition) is 0. The van der Waals surface area contributed by atoms with Gasteiger partial charge in [0.15, 0.2) is 0 Å². The van der Waals surface area contributed by atoms with Crippen LogP contribution < -0.4 is 4.90 Å². The summed E-state index contributed by atoms with van der Waals surface area (Å²) < 4.78 is 38.5. The van der Waals surface area contributed by atoms with Gasteiger partial charge in [0, 0.05) is 48.7 Å². The molecule has 170 valence electrons. The molecule has 1 aromatic heterocycles. The highest BCUT2D eigenvalue weighted by atomic mass is 19.4. The summed E-state index contributed by atoms with van der Waals surface area (Å²) in [6.07, 6.45) is -1.13. The van der Waals surface area contributed by atoms with Gasteiger partial charge in [0.1, 0.15) is 0 Å². The Labute approximate surface area is 188 Å². The van der Waals surface area contributed by atoms with E-state index < -0.39 is 11.7 Å². The van der Waals surface area contributed by atoms with Crippen molar-refractivity contribution in [1.29, 1.82) is 0 Å². The lowest BCUT2D eigenvalue weighted by Crippen LogP contribution is -2.44. The lowest BCUT2D eigenvalue weighted by Gasteiger charge is -2.38. The molecule has 3 heterocycles. The van der Waals surface area contributed by atoms with E-state index in [0.717, 1.165) is 23.0 Å². The van der Waals surface area contributed by atoms with Crippen molar-refractivity contribution in [3.05, 3.63) is 71.9 Å². The van der Waals surface area contributed by atoms with Gasteiger partial charge in [0.25, 0.3) is 5.91 Å². The third-order valence-electron chi connectivity index (χ3n) is 6.78. The summed E-state index contributed by atoms with van der Waals surface area (Å²) in [5.41, 5.74) is 0.851. The number of carbonyl (C=O) groups is 2. The van der Waals surface area contributed by atoms with E-state index in [9.17, 15) is 22.8 Å². The van der Waals surface area contributed by atoms with E-state index in [1.54, 1.807) is 16.0 Å². The SMILES string of the molecule is O=C(c1cnc2ccccc2c1)N1CCC2(CC1)CC(=O)N(c1ccc(C(F)(F)F)cc1)C2. The molecule has 0 N–H and O–H groups in total. The summed E-state index contributed by atoms with van der Waals surface area (Å²) in [7, 11) is 0. The molecule has 0 aliphatic carbocycles. The Morgan fingerprint density at radius 2 is 1.70 bits per heavy atom. The number of para-hydroxylation sites is 1. The number of aromatic nitrogens is 1. The normalized spacial score (nSPS) is 18.3. The highest BCUT2D eigenvalue weighted by molar-refractivity contribution is 5.98. The predicted octanol–water partition coefficient (Wildman–Crippen LogP) is 4.91. The first-order valence-electron chi connectivity index (χ1n) is 10.9. The number of amides is 2. The molecule has 5 rings (SSSR count). The van der Waals surface area contributed by atoms with Crippen molar-refractivity contribution < 1.29 is 22.8 Å². The van der Waals surface area contributed by atoms with Crippen LogP contribution in [-0.4, -0.2) is 41.3 Å². The van der Waals surface area contributed by atoms with Crippen molar-refractivity contribution in [2.45, 2.75) is 25.4 Å². The highest BCUT2D eigenvalue weighted by Gasteiger charge is 2.46. The van der Waals surface area contributed by atoms with Crippen molar-refractivity contribution in [2.75, 3.05) is 24.5 Å². The van der Waals surface area contributed by atoms with Gasteiger partial charge in [0.05, 0.1) is 16.6 Å². The topological polar surface area (TPSA) is 53.5 Å². The molecule has 0 atom stereocenters. The third kappa shape index (κ3) is 4.05. The number of alkyl halides is 3. The van der Waals surface area contributed by atoms with Crippen LogP contribution in [0.4, 0.5) is 18.9 Å². The molecule has 2 aromatic carbocycles. The van der Waals surface area contributed by atoms with Gasteiger partial charge < -0.3 is 9.80 Å². The van der Waals surface area contributed by atoms with Crippen LogP contribution in [0.5, 0.6) is 0 Å². The van der Waals surface area contributed by atoms with Gasteiger partial charge in [-0.25, -0.2) is 0 Å². The number of anilines is 1. The van der Waals surface area contributed by atoms with Crippen molar-refractivity contribution in [1.82, 2.24) is 9.88 Å². The van der Waals surface area contributed by atoms with Crippen LogP contribution in [0.2, 0.25) is 0 Å². The van der Waals surface area contributed by atoms with Gasteiger partial charge in [-0.15, -0.1) is 0 Å². The third-order valence-corrected chi connectivity index (χ3v) is 6.78.